The Kier molecular flexibility index (Phi) is 5.20. The summed E-state index contributed by atoms with van der Waals surface area (Å²) < 4.78 is 5.68. The molecule has 1 aromatic carbocycles. The van der Waals surface area contributed by atoms with E-state index in [1.54, 1.807) is 4.90 Å². The molecule has 1 rings (SSSR count). The van der Waals surface area contributed by atoms with Gasteiger partial charge in [-0.2, -0.15) is 0 Å². The van der Waals surface area contributed by atoms with Crippen LogP contribution in [0.3, 0.4) is 0 Å². The van der Waals surface area contributed by atoms with Gasteiger partial charge in [0.2, 0.25) is 0 Å². The van der Waals surface area contributed by atoms with Crippen LogP contribution in [-0.2, 0) is 4.79 Å². The Labute approximate surface area is 110 Å². The van der Waals surface area contributed by atoms with Crippen molar-refractivity contribution in [3.63, 3.8) is 0 Å². The van der Waals surface area contributed by atoms with Crippen molar-refractivity contribution < 1.29 is 9.53 Å². The molecule has 0 atom stereocenters. The van der Waals surface area contributed by atoms with Crippen molar-refractivity contribution in [2.45, 2.75) is 34.6 Å². The largest absolute Gasteiger partial charge is 0.483 e. The molecule has 0 aromatic heterocycles. The highest BCUT2D eigenvalue weighted by Gasteiger charge is 2.12. The van der Waals surface area contributed by atoms with E-state index in [1.807, 2.05) is 27.7 Å². The molecule has 3 heteroatoms. The smallest absolute Gasteiger partial charge is 0.260 e. The summed E-state index contributed by atoms with van der Waals surface area (Å²) in [6.45, 7) is 11.6. The van der Waals surface area contributed by atoms with Gasteiger partial charge in [-0.25, -0.2) is 0 Å². The summed E-state index contributed by atoms with van der Waals surface area (Å²) in [6, 6.07) is 4.15. The van der Waals surface area contributed by atoms with E-state index in [0.717, 1.165) is 30.0 Å². The molecule has 0 aliphatic rings. The van der Waals surface area contributed by atoms with E-state index in [-0.39, 0.29) is 12.5 Å². The lowest BCUT2D eigenvalue weighted by Crippen LogP contribution is -2.34. The van der Waals surface area contributed by atoms with E-state index >= 15 is 0 Å². The number of hydrogen-bond donors (Lipinski definition) is 0. The minimum Gasteiger partial charge on any atom is -0.483 e. The van der Waals surface area contributed by atoms with Crippen LogP contribution in [0, 0.1) is 20.8 Å². The molecule has 1 aromatic rings. The second-order valence-electron chi connectivity index (χ2n) is 4.58. The van der Waals surface area contributed by atoms with Crippen LogP contribution in [0.5, 0.6) is 5.75 Å². The predicted octanol–water partition coefficient (Wildman–Crippen LogP) is 2.86. The van der Waals surface area contributed by atoms with Gasteiger partial charge < -0.3 is 9.64 Å². The molecule has 0 radical (unpaired) electrons. The summed E-state index contributed by atoms with van der Waals surface area (Å²) in [6.07, 6.45) is 0. The van der Waals surface area contributed by atoms with Gasteiger partial charge in [0, 0.05) is 13.1 Å². The molecule has 1 amide bonds. The molecular formula is C15H23NO2. The number of ether oxygens (including phenoxy) is 1. The molecule has 0 aliphatic heterocycles. The Balaban J connectivity index is 2.72. The van der Waals surface area contributed by atoms with Crippen molar-refractivity contribution in [1.82, 2.24) is 4.90 Å². The number of nitrogens with zero attached hydrogens (tertiary/aromatic N) is 1. The zero-order valence-electron chi connectivity index (χ0n) is 12.0. The van der Waals surface area contributed by atoms with Gasteiger partial charge in [0.05, 0.1) is 0 Å². The van der Waals surface area contributed by atoms with E-state index in [0.29, 0.717) is 0 Å². The number of likely N-dealkylation sites (N-methyl/N-ethyl adjacent to an activating group) is 1. The van der Waals surface area contributed by atoms with Gasteiger partial charge in [0.15, 0.2) is 6.61 Å². The van der Waals surface area contributed by atoms with Crippen molar-refractivity contribution in [3.8, 4) is 5.75 Å². The molecular weight excluding hydrogens is 226 g/mol. The lowest BCUT2D eigenvalue weighted by Gasteiger charge is -2.20. The third-order valence-electron chi connectivity index (χ3n) is 3.06. The molecule has 0 saturated heterocycles. The lowest BCUT2D eigenvalue weighted by molar-refractivity contribution is -0.132. The average molecular weight is 249 g/mol. The van der Waals surface area contributed by atoms with Crippen LogP contribution >= 0.6 is 0 Å². The van der Waals surface area contributed by atoms with Crippen molar-refractivity contribution >= 4 is 5.91 Å². The SMILES string of the molecule is CCN(CC)C(=O)COc1c(C)cc(C)cc1C. The van der Waals surface area contributed by atoms with Crippen LogP contribution in [0.2, 0.25) is 0 Å². The first-order valence-corrected chi connectivity index (χ1v) is 6.48. The standard InChI is InChI=1S/C15H23NO2/c1-6-16(7-2)14(17)10-18-15-12(4)8-11(3)9-13(15)5/h8-9H,6-7,10H2,1-5H3. The van der Waals surface area contributed by atoms with Gasteiger partial charge in [-0.15, -0.1) is 0 Å². The maximum absolute atomic E-state index is 11.9. The molecule has 100 valence electrons. The van der Waals surface area contributed by atoms with E-state index < -0.39 is 0 Å². The molecule has 3 nitrogen and oxygen atoms in total. The quantitative estimate of drug-likeness (QED) is 0.803. The maximum Gasteiger partial charge on any atom is 0.260 e. The highest BCUT2D eigenvalue weighted by atomic mass is 16.5. The van der Waals surface area contributed by atoms with Crippen LogP contribution in [0.15, 0.2) is 12.1 Å². The Morgan fingerprint density at radius 3 is 2.06 bits per heavy atom. The van der Waals surface area contributed by atoms with E-state index in [9.17, 15) is 4.79 Å². The number of carbonyl (C=O) groups is 1. The Morgan fingerprint density at radius 1 is 1.11 bits per heavy atom. The minimum absolute atomic E-state index is 0.0411. The van der Waals surface area contributed by atoms with Gasteiger partial charge >= 0.3 is 0 Å². The van der Waals surface area contributed by atoms with Crippen LogP contribution < -0.4 is 4.74 Å². The first-order valence-electron chi connectivity index (χ1n) is 6.48. The van der Waals surface area contributed by atoms with Crippen molar-refractivity contribution in [1.29, 1.82) is 0 Å². The van der Waals surface area contributed by atoms with Crippen molar-refractivity contribution in [2.24, 2.45) is 0 Å². The second-order valence-corrected chi connectivity index (χ2v) is 4.58. The number of rotatable bonds is 5. The lowest BCUT2D eigenvalue weighted by atomic mass is 10.1. The molecule has 0 N–H and O–H groups in total. The van der Waals surface area contributed by atoms with E-state index in [1.165, 1.54) is 5.56 Å². The van der Waals surface area contributed by atoms with Gasteiger partial charge in [-0.3, -0.25) is 4.79 Å². The molecule has 0 unspecified atom stereocenters. The molecule has 0 saturated carbocycles. The fraction of sp³-hybridized carbons (Fsp3) is 0.533. The van der Waals surface area contributed by atoms with E-state index in [4.69, 9.17) is 4.74 Å². The summed E-state index contributed by atoms with van der Waals surface area (Å²) in [7, 11) is 0. The monoisotopic (exact) mass is 249 g/mol. The third-order valence-corrected chi connectivity index (χ3v) is 3.06. The fourth-order valence-corrected chi connectivity index (χ4v) is 2.20. The fourth-order valence-electron chi connectivity index (χ4n) is 2.20. The second kappa shape index (κ2) is 6.43. The average Bonchev–Trinajstić information content (AvgIpc) is 2.29. The summed E-state index contributed by atoms with van der Waals surface area (Å²) >= 11 is 0. The van der Waals surface area contributed by atoms with Crippen LogP contribution in [0.1, 0.15) is 30.5 Å². The van der Waals surface area contributed by atoms with Crippen LogP contribution in [0.4, 0.5) is 0 Å². The third kappa shape index (κ3) is 3.49. The van der Waals surface area contributed by atoms with Crippen LogP contribution in [0.25, 0.3) is 0 Å². The molecule has 0 spiro atoms. The Bertz CT molecular complexity index is 399. The van der Waals surface area contributed by atoms with Gasteiger partial charge in [-0.1, -0.05) is 17.7 Å². The zero-order chi connectivity index (χ0) is 13.7. The van der Waals surface area contributed by atoms with Gasteiger partial charge in [0.1, 0.15) is 5.75 Å². The molecule has 18 heavy (non-hydrogen) atoms. The number of amides is 1. The summed E-state index contributed by atoms with van der Waals surface area (Å²) in [4.78, 5) is 13.6. The topological polar surface area (TPSA) is 29.5 Å². The summed E-state index contributed by atoms with van der Waals surface area (Å²) in [5, 5.41) is 0. The number of aryl methyl sites for hydroxylation is 3. The molecule has 0 heterocycles. The first-order chi connectivity index (χ1) is 8.49. The summed E-state index contributed by atoms with van der Waals surface area (Å²) in [5.74, 6) is 0.875. The Morgan fingerprint density at radius 2 is 1.61 bits per heavy atom. The number of carbonyl (C=O) groups excluding carboxylic acids is 1. The Hall–Kier alpha value is -1.51. The number of hydrogen-bond acceptors (Lipinski definition) is 2. The highest BCUT2D eigenvalue weighted by Crippen LogP contribution is 2.24. The van der Waals surface area contributed by atoms with Gasteiger partial charge in [0.25, 0.3) is 5.91 Å². The van der Waals surface area contributed by atoms with Crippen LogP contribution in [-0.4, -0.2) is 30.5 Å². The number of benzene rings is 1. The van der Waals surface area contributed by atoms with Crippen molar-refractivity contribution in [2.75, 3.05) is 19.7 Å². The molecule has 0 bridgehead atoms. The highest BCUT2D eigenvalue weighted by molar-refractivity contribution is 5.77. The molecule has 0 aliphatic carbocycles. The minimum atomic E-state index is 0.0411. The normalized spacial score (nSPS) is 10.3. The zero-order valence-corrected chi connectivity index (χ0v) is 12.0. The summed E-state index contributed by atoms with van der Waals surface area (Å²) in [5.41, 5.74) is 3.38. The first kappa shape index (κ1) is 14.6. The molecule has 0 fully saturated rings. The van der Waals surface area contributed by atoms with E-state index in [2.05, 4.69) is 19.1 Å². The predicted molar refractivity (Wildman–Crippen MR) is 74.1 cm³/mol. The van der Waals surface area contributed by atoms with Gasteiger partial charge in [-0.05, 0) is 45.7 Å². The van der Waals surface area contributed by atoms with Crippen molar-refractivity contribution in [3.05, 3.63) is 28.8 Å². The maximum atomic E-state index is 11.9.